The Labute approximate surface area is 184 Å². The number of aliphatic carboxylic acids is 1. The molecule has 1 aliphatic carbocycles. The Hall–Kier alpha value is -2.86. The number of rotatable bonds is 12. The van der Waals surface area contributed by atoms with Crippen molar-refractivity contribution in [2.24, 2.45) is 0 Å². The van der Waals surface area contributed by atoms with Crippen LogP contribution in [0.25, 0.3) is 0 Å². The van der Waals surface area contributed by atoms with Crippen LogP contribution in [0.5, 0.6) is 5.75 Å². The second kappa shape index (κ2) is 12.7. The van der Waals surface area contributed by atoms with E-state index in [2.05, 4.69) is 36.5 Å². The molecule has 0 heterocycles. The van der Waals surface area contributed by atoms with E-state index in [0.29, 0.717) is 18.9 Å². The van der Waals surface area contributed by atoms with Crippen molar-refractivity contribution in [1.82, 2.24) is 5.32 Å². The molecule has 6 heteroatoms. The second-order valence-corrected chi connectivity index (χ2v) is 7.46. The summed E-state index contributed by atoms with van der Waals surface area (Å²) >= 11 is 0. The van der Waals surface area contributed by atoms with Gasteiger partial charge in [-0.2, -0.15) is 0 Å². The Morgan fingerprint density at radius 2 is 1.90 bits per heavy atom. The lowest BCUT2D eigenvalue weighted by molar-refractivity contribution is -0.150. The molecule has 1 aromatic carbocycles. The van der Waals surface area contributed by atoms with Gasteiger partial charge < -0.3 is 19.9 Å². The molecule has 0 bridgehead atoms. The van der Waals surface area contributed by atoms with Crippen LogP contribution < -0.4 is 10.1 Å². The number of benzene rings is 1. The lowest BCUT2D eigenvalue weighted by atomic mass is 10.1. The van der Waals surface area contributed by atoms with Gasteiger partial charge in [0.05, 0.1) is 0 Å². The number of nitrogens with one attached hydrogen (secondary N) is 1. The van der Waals surface area contributed by atoms with E-state index in [1.807, 2.05) is 0 Å². The molecule has 1 amide bonds. The van der Waals surface area contributed by atoms with Crippen LogP contribution in [0.2, 0.25) is 0 Å². The number of carboxylic acids is 1. The monoisotopic (exact) mass is 427 g/mol. The highest BCUT2D eigenvalue weighted by Gasteiger charge is 2.18. The largest absolute Gasteiger partial charge is 0.481 e. The van der Waals surface area contributed by atoms with Gasteiger partial charge in [-0.1, -0.05) is 48.9 Å². The average molecular weight is 428 g/mol. The Morgan fingerprint density at radius 3 is 2.55 bits per heavy atom. The lowest BCUT2D eigenvalue weighted by Gasteiger charge is -2.16. The SMILES string of the molecule is CCOC(Cc1ccc(O[C@H](C)C(=O)NCCC2=CC=C(CC)C=CC2)cc1)C(=O)O. The summed E-state index contributed by atoms with van der Waals surface area (Å²) in [6.45, 7) is 6.52. The molecule has 1 aliphatic rings. The van der Waals surface area contributed by atoms with Gasteiger partial charge in [-0.3, -0.25) is 4.79 Å². The zero-order valence-electron chi connectivity index (χ0n) is 18.6. The Kier molecular flexibility index (Phi) is 10.0. The molecule has 1 unspecified atom stereocenters. The topological polar surface area (TPSA) is 84.9 Å². The lowest BCUT2D eigenvalue weighted by Crippen LogP contribution is -2.36. The van der Waals surface area contributed by atoms with Gasteiger partial charge in [0.1, 0.15) is 5.75 Å². The highest BCUT2D eigenvalue weighted by molar-refractivity contribution is 5.80. The van der Waals surface area contributed by atoms with Crippen LogP contribution in [0.4, 0.5) is 0 Å². The van der Waals surface area contributed by atoms with Crippen LogP contribution >= 0.6 is 0 Å². The standard InChI is InChI=1S/C25H33NO5/c1-4-19-7-6-8-20(10-9-19)15-16-26-24(27)18(3)31-22-13-11-21(12-14-22)17-23(25(28)29)30-5-2/h6-7,9-14,18,23H,4-5,8,15-17H2,1-3H3,(H,26,27)(H,28,29)/t18-,23?/m1/s1. The molecule has 1 aromatic rings. The maximum absolute atomic E-state index is 12.4. The van der Waals surface area contributed by atoms with Crippen molar-refractivity contribution >= 4 is 11.9 Å². The first-order valence-corrected chi connectivity index (χ1v) is 10.9. The maximum Gasteiger partial charge on any atom is 0.333 e. The van der Waals surface area contributed by atoms with E-state index in [9.17, 15) is 14.7 Å². The van der Waals surface area contributed by atoms with Crippen LogP contribution in [0.15, 0.2) is 59.7 Å². The van der Waals surface area contributed by atoms with Gasteiger partial charge in [-0.15, -0.1) is 0 Å². The minimum atomic E-state index is -0.982. The minimum Gasteiger partial charge on any atom is -0.481 e. The number of amides is 1. The fourth-order valence-electron chi connectivity index (χ4n) is 3.22. The fraction of sp³-hybridized carbons (Fsp3) is 0.440. The van der Waals surface area contributed by atoms with Crippen molar-refractivity contribution in [2.75, 3.05) is 13.2 Å². The molecular weight excluding hydrogens is 394 g/mol. The summed E-state index contributed by atoms with van der Waals surface area (Å²) in [5.41, 5.74) is 3.43. The van der Waals surface area contributed by atoms with E-state index in [1.165, 1.54) is 11.1 Å². The molecular formula is C25H33NO5. The molecule has 2 atom stereocenters. The van der Waals surface area contributed by atoms with E-state index in [1.54, 1.807) is 38.1 Å². The fourth-order valence-corrected chi connectivity index (χ4v) is 3.22. The zero-order chi connectivity index (χ0) is 22.6. The van der Waals surface area contributed by atoms with Crippen LogP contribution in [0.1, 0.15) is 45.6 Å². The van der Waals surface area contributed by atoms with Gasteiger partial charge in [0.15, 0.2) is 12.2 Å². The van der Waals surface area contributed by atoms with E-state index in [0.717, 1.165) is 24.8 Å². The van der Waals surface area contributed by atoms with E-state index in [-0.39, 0.29) is 12.3 Å². The predicted molar refractivity (Wildman–Crippen MR) is 121 cm³/mol. The first-order valence-electron chi connectivity index (χ1n) is 10.9. The van der Waals surface area contributed by atoms with Crippen LogP contribution in [-0.2, 0) is 20.7 Å². The molecule has 0 spiro atoms. The highest BCUT2D eigenvalue weighted by atomic mass is 16.5. The van der Waals surface area contributed by atoms with E-state index in [4.69, 9.17) is 9.47 Å². The molecule has 31 heavy (non-hydrogen) atoms. The van der Waals surface area contributed by atoms with Crippen LogP contribution in [-0.4, -0.2) is 42.3 Å². The van der Waals surface area contributed by atoms with Gasteiger partial charge in [0.2, 0.25) is 0 Å². The molecule has 2 rings (SSSR count). The predicted octanol–water partition coefficient (Wildman–Crippen LogP) is 4.22. The van der Waals surface area contributed by atoms with E-state index >= 15 is 0 Å². The number of hydrogen-bond acceptors (Lipinski definition) is 4. The number of carbonyl (C=O) groups excluding carboxylic acids is 1. The van der Waals surface area contributed by atoms with Gasteiger partial charge >= 0.3 is 5.97 Å². The zero-order valence-corrected chi connectivity index (χ0v) is 18.6. The third kappa shape index (κ3) is 8.42. The molecule has 0 radical (unpaired) electrons. The molecule has 0 aliphatic heterocycles. The first-order chi connectivity index (χ1) is 14.9. The molecule has 168 valence electrons. The molecule has 0 fully saturated rings. The summed E-state index contributed by atoms with van der Waals surface area (Å²) < 4.78 is 11.0. The second-order valence-electron chi connectivity index (χ2n) is 7.46. The first kappa shape index (κ1) is 24.4. The van der Waals surface area contributed by atoms with Crippen molar-refractivity contribution in [2.45, 2.75) is 58.7 Å². The van der Waals surface area contributed by atoms with Crippen molar-refractivity contribution in [1.29, 1.82) is 0 Å². The third-order valence-corrected chi connectivity index (χ3v) is 5.07. The summed E-state index contributed by atoms with van der Waals surface area (Å²) in [6.07, 6.45) is 10.1. The summed E-state index contributed by atoms with van der Waals surface area (Å²) in [5, 5.41) is 12.1. The van der Waals surface area contributed by atoms with E-state index < -0.39 is 18.2 Å². The van der Waals surface area contributed by atoms with Crippen molar-refractivity contribution in [3.63, 3.8) is 0 Å². The number of ether oxygens (including phenoxy) is 2. The van der Waals surface area contributed by atoms with Crippen molar-refractivity contribution in [3.05, 3.63) is 65.3 Å². The van der Waals surface area contributed by atoms with Crippen molar-refractivity contribution in [3.8, 4) is 5.75 Å². The quantitative estimate of drug-likeness (QED) is 0.522. The Bertz CT molecular complexity index is 823. The summed E-state index contributed by atoms with van der Waals surface area (Å²) in [4.78, 5) is 23.6. The number of carboxylic acid groups (broad SMARTS) is 1. The smallest absolute Gasteiger partial charge is 0.333 e. The van der Waals surface area contributed by atoms with Gasteiger partial charge in [0.25, 0.3) is 5.91 Å². The normalized spacial score (nSPS) is 15.3. The Morgan fingerprint density at radius 1 is 1.16 bits per heavy atom. The van der Waals surface area contributed by atoms with Gasteiger partial charge in [-0.25, -0.2) is 4.79 Å². The molecule has 0 saturated heterocycles. The third-order valence-electron chi connectivity index (χ3n) is 5.07. The average Bonchev–Trinajstić information content (AvgIpc) is 2.99. The molecule has 6 nitrogen and oxygen atoms in total. The number of hydrogen-bond donors (Lipinski definition) is 2. The van der Waals surface area contributed by atoms with Crippen LogP contribution in [0, 0.1) is 0 Å². The molecule has 0 aromatic heterocycles. The maximum atomic E-state index is 12.4. The summed E-state index contributed by atoms with van der Waals surface area (Å²) in [6, 6.07) is 7.06. The highest BCUT2D eigenvalue weighted by Crippen LogP contribution is 2.17. The number of allylic oxidation sites excluding steroid dienone is 5. The van der Waals surface area contributed by atoms with Crippen molar-refractivity contribution < 1.29 is 24.2 Å². The summed E-state index contributed by atoms with van der Waals surface area (Å²) in [5.74, 6) is -0.589. The van der Waals surface area contributed by atoms with Crippen LogP contribution in [0.3, 0.4) is 0 Å². The molecule has 2 N–H and O–H groups in total. The minimum absolute atomic E-state index is 0.166. The Balaban J connectivity index is 1.79. The number of carbonyl (C=O) groups is 2. The molecule has 0 saturated carbocycles. The summed E-state index contributed by atoms with van der Waals surface area (Å²) in [7, 11) is 0. The van der Waals surface area contributed by atoms with Gasteiger partial charge in [0, 0.05) is 19.6 Å². The van der Waals surface area contributed by atoms with Gasteiger partial charge in [-0.05, 0) is 56.4 Å².